The van der Waals surface area contributed by atoms with Gasteiger partial charge in [0.25, 0.3) is 5.91 Å². The molecule has 1 aliphatic rings. The summed E-state index contributed by atoms with van der Waals surface area (Å²) in [5.74, 6) is 0.336. The summed E-state index contributed by atoms with van der Waals surface area (Å²) in [7, 11) is 0. The second kappa shape index (κ2) is 9.41. The van der Waals surface area contributed by atoms with Crippen LogP contribution in [0.15, 0.2) is 78.9 Å². The van der Waals surface area contributed by atoms with E-state index in [1.54, 1.807) is 12.1 Å². The van der Waals surface area contributed by atoms with Gasteiger partial charge in [-0.2, -0.15) is 0 Å². The van der Waals surface area contributed by atoms with Crippen LogP contribution in [0.3, 0.4) is 0 Å². The highest BCUT2D eigenvalue weighted by molar-refractivity contribution is 7.80. The number of para-hydroxylation sites is 1. The smallest absolute Gasteiger partial charge is 0.264 e. The van der Waals surface area contributed by atoms with Gasteiger partial charge in [-0.1, -0.05) is 42.5 Å². The van der Waals surface area contributed by atoms with Crippen LogP contribution in [0, 0.1) is 0 Å². The molecular weight excluding hydrogens is 394 g/mol. The zero-order valence-corrected chi connectivity index (χ0v) is 17.3. The lowest BCUT2D eigenvalue weighted by Gasteiger charge is -2.30. The molecule has 0 aliphatic carbocycles. The van der Waals surface area contributed by atoms with Gasteiger partial charge in [-0.3, -0.25) is 10.1 Å². The molecule has 2 N–H and O–H groups in total. The summed E-state index contributed by atoms with van der Waals surface area (Å²) in [5.41, 5.74) is 4.81. The number of thiocarbonyl (C=S) groups is 1. The van der Waals surface area contributed by atoms with E-state index in [1.165, 1.54) is 16.8 Å². The first-order valence-electron chi connectivity index (χ1n) is 9.88. The van der Waals surface area contributed by atoms with E-state index in [1.807, 2.05) is 30.3 Å². The average Bonchev–Trinajstić information content (AvgIpc) is 2.78. The average molecular weight is 418 g/mol. The summed E-state index contributed by atoms with van der Waals surface area (Å²) >= 11 is 5.24. The first kappa shape index (κ1) is 19.9. The number of hydrogen-bond donors (Lipinski definition) is 2. The predicted molar refractivity (Wildman–Crippen MR) is 124 cm³/mol. The molecule has 1 heterocycles. The maximum Gasteiger partial charge on any atom is 0.264 e. The third kappa shape index (κ3) is 5.15. The van der Waals surface area contributed by atoms with Gasteiger partial charge in [0, 0.05) is 24.5 Å². The molecule has 0 saturated heterocycles. The van der Waals surface area contributed by atoms with Crippen LogP contribution in [-0.4, -0.2) is 24.2 Å². The second-order valence-electron chi connectivity index (χ2n) is 7.09. The molecule has 0 bridgehead atoms. The molecule has 0 spiro atoms. The molecule has 6 heteroatoms. The Balaban J connectivity index is 1.27. The molecule has 5 nitrogen and oxygen atoms in total. The number of anilines is 2. The van der Waals surface area contributed by atoms with Crippen LogP contribution >= 0.6 is 12.2 Å². The minimum absolute atomic E-state index is 0.0960. The van der Waals surface area contributed by atoms with E-state index >= 15 is 0 Å². The number of carbonyl (C=O) groups excluding carboxylic acids is 1. The molecule has 30 heavy (non-hydrogen) atoms. The van der Waals surface area contributed by atoms with Crippen LogP contribution < -0.4 is 20.3 Å². The van der Waals surface area contributed by atoms with Crippen LogP contribution in [0.4, 0.5) is 11.4 Å². The number of hydrogen-bond acceptors (Lipinski definition) is 4. The van der Waals surface area contributed by atoms with Crippen molar-refractivity contribution in [2.45, 2.75) is 13.0 Å². The monoisotopic (exact) mass is 417 g/mol. The predicted octanol–water partition coefficient (Wildman–Crippen LogP) is 4.14. The number of amides is 1. The zero-order valence-electron chi connectivity index (χ0n) is 16.5. The maximum atomic E-state index is 12.0. The van der Waals surface area contributed by atoms with Crippen molar-refractivity contribution in [1.82, 2.24) is 5.32 Å². The van der Waals surface area contributed by atoms with Crippen LogP contribution in [0.25, 0.3) is 0 Å². The summed E-state index contributed by atoms with van der Waals surface area (Å²) in [5, 5.41) is 5.92. The van der Waals surface area contributed by atoms with E-state index in [0.717, 1.165) is 25.2 Å². The lowest BCUT2D eigenvalue weighted by atomic mass is 9.99. The highest BCUT2D eigenvalue weighted by atomic mass is 32.1. The molecule has 4 rings (SSSR count). The lowest BCUT2D eigenvalue weighted by molar-refractivity contribution is -0.121. The summed E-state index contributed by atoms with van der Waals surface area (Å²) in [6.07, 6.45) is 1.05. The van der Waals surface area contributed by atoms with Crippen LogP contribution in [0.1, 0.15) is 11.1 Å². The third-order valence-electron chi connectivity index (χ3n) is 4.99. The fraction of sp³-hybridized carbons (Fsp3) is 0.167. The summed E-state index contributed by atoms with van der Waals surface area (Å²) in [6.45, 7) is 1.82. The standard InChI is InChI=1S/C24H23N3O2S/c28-23(17-29-22-8-2-1-3-9-22)26-24(30)25-20-10-12-21(13-11-20)27-15-14-18-6-4-5-7-19(18)16-27/h1-13H,14-17H2,(H2,25,26,28,30). The first-order valence-corrected chi connectivity index (χ1v) is 10.3. The summed E-state index contributed by atoms with van der Waals surface area (Å²) in [4.78, 5) is 14.4. The van der Waals surface area contributed by atoms with Crippen molar-refractivity contribution in [3.05, 3.63) is 90.0 Å². The van der Waals surface area contributed by atoms with Crippen molar-refractivity contribution in [1.29, 1.82) is 0 Å². The highest BCUT2D eigenvalue weighted by Gasteiger charge is 2.16. The molecule has 0 atom stereocenters. The molecule has 152 valence electrons. The van der Waals surface area contributed by atoms with E-state index in [9.17, 15) is 4.79 Å². The minimum atomic E-state index is -0.306. The first-order chi connectivity index (χ1) is 14.7. The molecule has 3 aromatic rings. The fourth-order valence-corrected chi connectivity index (χ4v) is 3.69. The number of nitrogens with zero attached hydrogens (tertiary/aromatic N) is 1. The normalized spacial score (nSPS) is 12.6. The van der Waals surface area contributed by atoms with Gasteiger partial charge in [-0.05, 0) is 66.2 Å². The quantitative estimate of drug-likeness (QED) is 0.611. The minimum Gasteiger partial charge on any atom is -0.484 e. The van der Waals surface area contributed by atoms with Gasteiger partial charge >= 0.3 is 0 Å². The van der Waals surface area contributed by atoms with E-state index in [2.05, 4.69) is 51.9 Å². The Labute approximate surface area is 181 Å². The molecule has 3 aromatic carbocycles. The number of benzene rings is 3. The van der Waals surface area contributed by atoms with Crippen LogP contribution in [0.2, 0.25) is 0 Å². The van der Waals surface area contributed by atoms with Gasteiger partial charge in [0.05, 0.1) is 0 Å². The summed E-state index contributed by atoms with van der Waals surface area (Å²) in [6, 6.07) is 25.9. The Morgan fingerprint density at radius 1 is 0.933 bits per heavy atom. The molecule has 0 aromatic heterocycles. The van der Waals surface area contributed by atoms with Gasteiger partial charge in [0.2, 0.25) is 0 Å². The molecule has 1 amide bonds. The Kier molecular flexibility index (Phi) is 6.25. The van der Waals surface area contributed by atoms with Crippen molar-refractivity contribution in [3.8, 4) is 5.75 Å². The number of ether oxygens (including phenoxy) is 1. The maximum absolute atomic E-state index is 12.0. The molecule has 1 aliphatic heterocycles. The van der Waals surface area contributed by atoms with Crippen molar-refractivity contribution >= 4 is 34.6 Å². The van der Waals surface area contributed by atoms with Gasteiger partial charge in [-0.15, -0.1) is 0 Å². The van der Waals surface area contributed by atoms with Crippen LogP contribution in [-0.2, 0) is 17.8 Å². The largest absolute Gasteiger partial charge is 0.484 e. The van der Waals surface area contributed by atoms with Gasteiger partial charge in [-0.25, -0.2) is 0 Å². The van der Waals surface area contributed by atoms with Crippen molar-refractivity contribution < 1.29 is 9.53 Å². The topological polar surface area (TPSA) is 53.6 Å². The number of nitrogens with one attached hydrogen (secondary N) is 2. The van der Waals surface area contributed by atoms with Gasteiger partial charge < -0.3 is 15.0 Å². The Hall–Kier alpha value is -3.38. The van der Waals surface area contributed by atoms with Gasteiger partial charge in [0.1, 0.15) is 5.75 Å². The lowest BCUT2D eigenvalue weighted by Crippen LogP contribution is -2.37. The van der Waals surface area contributed by atoms with E-state index < -0.39 is 0 Å². The summed E-state index contributed by atoms with van der Waals surface area (Å²) < 4.78 is 5.42. The molecule has 0 radical (unpaired) electrons. The Bertz CT molecular complexity index is 1020. The Morgan fingerprint density at radius 3 is 2.40 bits per heavy atom. The molecule has 0 saturated carbocycles. The van der Waals surface area contributed by atoms with Crippen LogP contribution in [0.5, 0.6) is 5.75 Å². The fourth-order valence-electron chi connectivity index (χ4n) is 3.46. The van der Waals surface area contributed by atoms with Gasteiger partial charge in [0.15, 0.2) is 11.7 Å². The third-order valence-corrected chi connectivity index (χ3v) is 5.19. The SMILES string of the molecule is O=C(COc1ccccc1)NC(=S)Nc1ccc(N2CCc3ccccc3C2)cc1. The zero-order chi connectivity index (χ0) is 20.8. The highest BCUT2D eigenvalue weighted by Crippen LogP contribution is 2.25. The van der Waals surface area contributed by atoms with Crippen molar-refractivity contribution in [2.75, 3.05) is 23.4 Å². The molecular formula is C24H23N3O2S. The van der Waals surface area contributed by atoms with E-state index in [0.29, 0.717) is 5.75 Å². The van der Waals surface area contributed by atoms with E-state index in [4.69, 9.17) is 17.0 Å². The van der Waals surface area contributed by atoms with Crippen molar-refractivity contribution in [3.63, 3.8) is 0 Å². The number of fused-ring (bicyclic) bond motifs is 1. The number of rotatable bonds is 5. The second-order valence-corrected chi connectivity index (χ2v) is 7.50. The molecule has 0 fully saturated rings. The van der Waals surface area contributed by atoms with E-state index in [-0.39, 0.29) is 17.6 Å². The Morgan fingerprint density at radius 2 is 1.63 bits per heavy atom. The molecule has 0 unspecified atom stereocenters. The van der Waals surface area contributed by atoms with Crippen molar-refractivity contribution in [2.24, 2.45) is 0 Å². The number of carbonyl (C=O) groups is 1.